The Morgan fingerprint density at radius 1 is 1.43 bits per heavy atom. The van der Waals surface area contributed by atoms with Crippen molar-refractivity contribution in [2.24, 2.45) is 5.92 Å². The van der Waals surface area contributed by atoms with Gasteiger partial charge in [-0.3, -0.25) is 9.59 Å². The number of hydrogen-bond acceptors (Lipinski definition) is 5. The molecule has 0 spiro atoms. The molecular weight excluding hydrogens is 397 g/mol. The molecular formula is C20H20FN3O2S2. The number of H-pyrrole nitrogens is 1. The Balaban J connectivity index is 1.42. The topological polar surface area (TPSA) is 74.8 Å². The number of halogens is 1. The maximum atomic E-state index is 13.6. The van der Waals surface area contributed by atoms with Gasteiger partial charge in [-0.05, 0) is 42.9 Å². The van der Waals surface area contributed by atoms with Crippen LogP contribution >= 0.6 is 23.1 Å². The molecule has 4 rings (SSSR count). The van der Waals surface area contributed by atoms with E-state index in [1.165, 1.54) is 28.8 Å². The number of aromatic nitrogens is 2. The van der Waals surface area contributed by atoms with Crippen molar-refractivity contribution < 1.29 is 9.18 Å². The molecule has 2 N–H and O–H groups in total. The molecule has 2 heterocycles. The number of benzene rings is 1. The minimum absolute atomic E-state index is 0.0940. The molecule has 0 fully saturated rings. The smallest absolute Gasteiger partial charge is 0.259 e. The van der Waals surface area contributed by atoms with Gasteiger partial charge in [-0.25, -0.2) is 9.37 Å². The lowest BCUT2D eigenvalue weighted by Crippen LogP contribution is -2.16. The fraction of sp³-hybridized carbons (Fsp3) is 0.350. The Labute approximate surface area is 169 Å². The number of nitrogens with one attached hydrogen (secondary N) is 2. The molecule has 0 saturated heterocycles. The van der Waals surface area contributed by atoms with E-state index in [4.69, 9.17) is 0 Å². The van der Waals surface area contributed by atoms with Crippen molar-refractivity contribution in [3.63, 3.8) is 0 Å². The molecule has 3 aromatic rings. The standard InChI is InChI=1S/C20H20FN3O2S2/c1-11-6-7-12-15(8-11)28-20-18(12)19(26)23-16(24-20)9-27-10-17(25)22-14-5-3-2-4-13(14)21/h2-5,11H,6-10H2,1H3,(H,22,25)(H,23,24,26)/t11-/m0/s1. The van der Waals surface area contributed by atoms with Crippen molar-refractivity contribution in [2.75, 3.05) is 11.1 Å². The van der Waals surface area contributed by atoms with E-state index in [9.17, 15) is 14.0 Å². The highest BCUT2D eigenvalue weighted by Gasteiger charge is 2.23. The summed E-state index contributed by atoms with van der Waals surface area (Å²) in [6.45, 7) is 2.24. The molecule has 1 atom stereocenters. The number of rotatable bonds is 5. The Morgan fingerprint density at radius 3 is 3.07 bits per heavy atom. The van der Waals surface area contributed by atoms with Crippen LogP contribution in [0.3, 0.4) is 0 Å². The highest BCUT2D eigenvalue weighted by molar-refractivity contribution is 7.99. The number of aryl methyl sites for hydroxylation is 1. The van der Waals surface area contributed by atoms with E-state index in [1.807, 2.05) is 0 Å². The van der Waals surface area contributed by atoms with Crippen molar-refractivity contribution in [1.82, 2.24) is 9.97 Å². The van der Waals surface area contributed by atoms with Gasteiger partial charge in [0.05, 0.1) is 22.6 Å². The zero-order chi connectivity index (χ0) is 19.7. The summed E-state index contributed by atoms with van der Waals surface area (Å²) >= 11 is 2.94. The molecule has 146 valence electrons. The molecule has 1 aliphatic carbocycles. The van der Waals surface area contributed by atoms with Crippen LogP contribution in [0.4, 0.5) is 10.1 Å². The maximum Gasteiger partial charge on any atom is 0.259 e. The molecule has 0 bridgehead atoms. The van der Waals surface area contributed by atoms with Crippen LogP contribution in [0, 0.1) is 11.7 Å². The average molecular weight is 418 g/mol. The maximum absolute atomic E-state index is 13.6. The molecule has 2 aromatic heterocycles. The fourth-order valence-corrected chi connectivity index (χ4v) is 5.54. The molecule has 8 heteroatoms. The Kier molecular flexibility index (Phi) is 5.50. The Hall–Kier alpha value is -2.19. The summed E-state index contributed by atoms with van der Waals surface area (Å²) in [5, 5.41) is 3.28. The second-order valence-electron chi connectivity index (χ2n) is 7.07. The zero-order valence-corrected chi connectivity index (χ0v) is 17.0. The molecule has 0 unspecified atom stereocenters. The third-order valence-corrected chi connectivity index (χ3v) is 6.93. The van der Waals surface area contributed by atoms with Crippen LogP contribution in [0.25, 0.3) is 10.2 Å². The first kappa shape index (κ1) is 19.1. The number of anilines is 1. The van der Waals surface area contributed by atoms with E-state index in [0.29, 0.717) is 17.5 Å². The summed E-state index contributed by atoms with van der Waals surface area (Å²) < 4.78 is 13.6. The van der Waals surface area contributed by atoms with Gasteiger partial charge in [0.25, 0.3) is 5.56 Å². The predicted octanol–water partition coefficient (Wildman–Crippen LogP) is 4.12. The number of para-hydroxylation sites is 1. The van der Waals surface area contributed by atoms with Crippen molar-refractivity contribution in [3.05, 3.63) is 56.7 Å². The fourth-order valence-electron chi connectivity index (χ4n) is 3.45. The first-order valence-corrected chi connectivity index (χ1v) is 11.1. The van der Waals surface area contributed by atoms with E-state index in [0.717, 1.165) is 35.0 Å². The monoisotopic (exact) mass is 417 g/mol. The lowest BCUT2D eigenvalue weighted by atomic mass is 9.89. The molecule has 0 saturated carbocycles. The highest BCUT2D eigenvalue weighted by Crippen LogP contribution is 2.35. The second kappa shape index (κ2) is 8.05. The van der Waals surface area contributed by atoms with Gasteiger partial charge < -0.3 is 10.3 Å². The summed E-state index contributed by atoms with van der Waals surface area (Å²) in [4.78, 5) is 34.1. The van der Waals surface area contributed by atoms with E-state index >= 15 is 0 Å². The van der Waals surface area contributed by atoms with Crippen molar-refractivity contribution in [1.29, 1.82) is 0 Å². The molecule has 5 nitrogen and oxygen atoms in total. The molecule has 0 aliphatic heterocycles. The van der Waals surface area contributed by atoms with Crippen LogP contribution in [0.15, 0.2) is 29.1 Å². The van der Waals surface area contributed by atoms with Gasteiger partial charge in [-0.2, -0.15) is 0 Å². The van der Waals surface area contributed by atoms with Gasteiger partial charge in [0.15, 0.2) is 0 Å². The number of carbonyl (C=O) groups excluding carboxylic acids is 1. The largest absolute Gasteiger partial charge is 0.323 e. The van der Waals surface area contributed by atoms with E-state index in [-0.39, 0.29) is 22.9 Å². The van der Waals surface area contributed by atoms with Gasteiger partial charge in [-0.1, -0.05) is 19.1 Å². The normalized spacial score (nSPS) is 16.1. The number of hydrogen-bond donors (Lipinski definition) is 2. The van der Waals surface area contributed by atoms with E-state index in [1.54, 1.807) is 23.5 Å². The lowest BCUT2D eigenvalue weighted by molar-refractivity contribution is -0.113. The third kappa shape index (κ3) is 3.98. The number of carbonyl (C=O) groups is 1. The minimum Gasteiger partial charge on any atom is -0.323 e. The average Bonchev–Trinajstić information content (AvgIpc) is 3.01. The first-order valence-electron chi connectivity index (χ1n) is 9.17. The molecule has 28 heavy (non-hydrogen) atoms. The van der Waals surface area contributed by atoms with Gasteiger partial charge >= 0.3 is 0 Å². The number of thioether (sulfide) groups is 1. The van der Waals surface area contributed by atoms with E-state index in [2.05, 4.69) is 22.2 Å². The van der Waals surface area contributed by atoms with Crippen LogP contribution in [-0.2, 0) is 23.4 Å². The van der Waals surface area contributed by atoms with Crippen LogP contribution < -0.4 is 10.9 Å². The summed E-state index contributed by atoms with van der Waals surface area (Å²) in [6, 6.07) is 6.05. The summed E-state index contributed by atoms with van der Waals surface area (Å²) in [5.74, 6) is 1.01. The van der Waals surface area contributed by atoms with Crippen molar-refractivity contribution >= 4 is 44.9 Å². The van der Waals surface area contributed by atoms with Gasteiger partial charge in [0.1, 0.15) is 16.5 Å². The summed E-state index contributed by atoms with van der Waals surface area (Å²) in [6.07, 6.45) is 3.05. The number of amides is 1. The van der Waals surface area contributed by atoms with Gasteiger partial charge in [-0.15, -0.1) is 23.1 Å². The van der Waals surface area contributed by atoms with Gasteiger partial charge in [0.2, 0.25) is 5.91 Å². The highest BCUT2D eigenvalue weighted by atomic mass is 32.2. The first-order chi connectivity index (χ1) is 13.5. The molecule has 1 aliphatic rings. The van der Waals surface area contributed by atoms with E-state index < -0.39 is 5.82 Å². The Morgan fingerprint density at radius 2 is 2.25 bits per heavy atom. The summed E-state index contributed by atoms with van der Waals surface area (Å²) in [7, 11) is 0. The number of aromatic amines is 1. The quantitative estimate of drug-likeness (QED) is 0.655. The Bertz CT molecular complexity index is 1090. The number of nitrogens with zero attached hydrogens (tertiary/aromatic N) is 1. The van der Waals surface area contributed by atoms with Crippen LogP contribution in [-0.4, -0.2) is 21.6 Å². The SMILES string of the molecule is C[C@H]1CCc2c(sc3nc(CSCC(=O)Nc4ccccc4F)[nH]c(=O)c23)C1. The predicted molar refractivity (Wildman–Crippen MR) is 113 cm³/mol. The number of thiophene rings is 1. The lowest BCUT2D eigenvalue weighted by Gasteiger charge is -2.17. The third-order valence-electron chi connectivity index (χ3n) is 4.83. The molecule has 1 amide bonds. The number of fused-ring (bicyclic) bond motifs is 3. The van der Waals surface area contributed by atoms with Crippen molar-refractivity contribution in [2.45, 2.75) is 31.9 Å². The van der Waals surface area contributed by atoms with Gasteiger partial charge in [0, 0.05) is 4.88 Å². The molecule has 0 radical (unpaired) electrons. The van der Waals surface area contributed by atoms with Crippen molar-refractivity contribution in [3.8, 4) is 0 Å². The molecule has 1 aromatic carbocycles. The minimum atomic E-state index is -0.465. The van der Waals surface area contributed by atoms with Crippen LogP contribution in [0.1, 0.15) is 29.6 Å². The van der Waals surface area contributed by atoms with Crippen LogP contribution in [0.5, 0.6) is 0 Å². The zero-order valence-electron chi connectivity index (χ0n) is 15.4. The summed E-state index contributed by atoms with van der Waals surface area (Å²) in [5.41, 5.74) is 1.23. The van der Waals surface area contributed by atoms with Crippen LogP contribution in [0.2, 0.25) is 0 Å². The second-order valence-corrected chi connectivity index (χ2v) is 9.13.